The highest BCUT2D eigenvalue weighted by molar-refractivity contribution is 9.10. The molecule has 0 fully saturated rings. The maximum atomic E-state index is 13.5. The lowest BCUT2D eigenvalue weighted by molar-refractivity contribution is 0.0416. The second-order valence-corrected chi connectivity index (χ2v) is 4.92. The molecule has 1 unspecified atom stereocenters. The van der Waals surface area contributed by atoms with Crippen LogP contribution in [0.4, 0.5) is 4.39 Å². The molecule has 0 amide bonds. The van der Waals surface area contributed by atoms with Crippen molar-refractivity contribution in [1.82, 2.24) is 0 Å². The van der Waals surface area contributed by atoms with Crippen LogP contribution in [0.25, 0.3) is 0 Å². The van der Waals surface area contributed by atoms with Crippen molar-refractivity contribution in [3.8, 4) is 0 Å². The molecule has 0 saturated carbocycles. The summed E-state index contributed by atoms with van der Waals surface area (Å²) < 4.78 is 14.3. The molecule has 1 aromatic rings. The van der Waals surface area contributed by atoms with Gasteiger partial charge in [-0.1, -0.05) is 35.7 Å². The van der Waals surface area contributed by atoms with Crippen molar-refractivity contribution in [2.24, 2.45) is 0 Å². The second kappa shape index (κ2) is 5.08. The molecule has 0 spiro atoms. The fourth-order valence-electron chi connectivity index (χ4n) is 1.57. The highest BCUT2D eigenvalue weighted by atomic mass is 79.9. The molecule has 0 aliphatic carbocycles. The van der Waals surface area contributed by atoms with Gasteiger partial charge in [0, 0.05) is 10.0 Å². The van der Waals surface area contributed by atoms with Gasteiger partial charge in [0.2, 0.25) is 0 Å². The molecule has 1 atom stereocenters. The van der Waals surface area contributed by atoms with Crippen LogP contribution in [0.3, 0.4) is 0 Å². The molecule has 0 radical (unpaired) electrons. The van der Waals surface area contributed by atoms with E-state index in [9.17, 15) is 9.50 Å². The van der Waals surface area contributed by atoms with Crippen LogP contribution < -0.4 is 0 Å². The molecule has 0 saturated heterocycles. The van der Waals surface area contributed by atoms with E-state index >= 15 is 0 Å². The van der Waals surface area contributed by atoms with Crippen molar-refractivity contribution in [1.29, 1.82) is 0 Å². The third kappa shape index (κ3) is 3.28. The molecule has 15 heavy (non-hydrogen) atoms. The van der Waals surface area contributed by atoms with Gasteiger partial charge in [-0.2, -0.15) is 0 Å². The fourth-order valence-corrected chi connectivity index (χ4v) is 1.93. The Hall–Kier alpha value is -0.410. The zero-order valence-electron chi connectivity index (χ0n) is 9.06. The summed E-state index contributed by atoms with van der Waals surface area (Å²) in [5.41, 5.74) is -0.713. The lowest BCUT2D eigenvalue weighted by Crippen LogP contribution is -2.22. The van der Waals surface area contributed by atoms with Gasteiger partial charge in [-0.05, 0) is 31.5 Å². The van der Waals surface area contributed by atoms with Crippen molar-refractivity contribution >= 4 is 15.9 Å². The van der Waals surface area contributed by atoms with Crippen molar-refractivity contribution in [2.75, 3.05) is 0 Å². The first-order valence-corrected chi connectivity index (χ1v) is 5.94. The Morgan fingerprint density at radius 1 is 1.47 bits per heavy atom. The first-order chi connectivity index (χ1) is 6.97. The predicted octanol–water partition coefficient (Wildman–Crippen LogP) is 3.99. The van der Waals surface area contributed by atoms with Crippen LogP contribution in [0.15, 0.2) is 22.7 Å². The van der Waals surface area contributed by atoms with Gasteiger partial charge in [-0.15, -0.1) is 0 Å². The average molecular weight is 275 g/mol. The highest BCUT2D eigenvalue weighted by Crippen LogP contribution is 2.30. The van der Waals surface area contributed by atoms with Crippen LogP contribution in [0.1, 0.15) is 38.7 Å². The average Bonchev–Trinajstić information content (AvgIpc) is 2.18. The molecule has 3 heteroatoms. The van der Waals surface area contributed by atoms with E-state index in [2.05, 4.69) is 15.9 Å². The number of hydrogen-bond donors (Lipinski definition) is 1. The van der Waals surface area contributed by atoms with E-state index in [1.807, 2.05) is 6.92 Å². The summed E-state index contributed by atoms with van der Waals surface area (Å²) in [6, 6.07) is 4.65. The zero-order chi connectivity index (χ0) is 11.5. The first kappa shape index (κ1) is 12.7. The number of halogens is 2. The molecular weight excluding hydrogens is 259 g/mol. The van der Waals surface area contributed by atoms with Crippen molar-refractivity contribution in [2.45, 2.75) is 38.7 Å². The Balaban J connectivity index is 2.97. The van der Waals surface area contributed by atoms with E-state index in [0.717, 1.165) is 17.3 Å². The maximum Gasteiger partial charge on any atom is 0.129 e. The van der Waals surface area contributed by atoms with Crippen molar-refractivity contribution < 1.29 is 9.50 Å². The lowest BCUT2D eigenvalue weighted by Gasteiger charge is -2.24. The molecule has 1 nitrogen and oxygen atoms in total. The summed E-state index contributed by atoms with van der Waals surface area (Å²) in [4.78, 5) is 0. The van der Waals surface area contributed by atoms with Gasteiger partial charge in [0.25, 0.3) is 0 Å². The predicted molar refractivity (Wildman–Crippen MR) is 63.2 cm³/mol. The van der Waals surface area contributed by atoms with E-state index in [4.69, 9.17) is 0 Å². The Morgan fingerprint density at radius 2 is 2.13 bits per heavy atom. The fraction of sp³-hybridized carbons (Fsp3) is 0.500. The summed E-state index contributed by atoms with van der Waals surface area (Å²) in [6.45, 7) is 3.71. The third-order valence-corrected chi connectivity index (χ3v) is 3.02. The SMILES string of the molecule is CCCCC(C)(O)c1cc(Br)ccc1F. The smallest absolute Gasteiger partial charge is 0.129 e. The minimum atomic E-state index is -1.08. The molecular formula is C12H16BrFO. The van der Waals surface area contributed by atoms with Crippen molar-refractivity contribution in [3.05, 3.63) is 34.1 Å². The Labute approximate surface area is 98.4 Å². The first-order valence-electron chi connectivity index (χ1n) is 5.15. The van der Waals surface area contributed by atoms with E-state index < -0.39 is 5.60 Å². The standard InChI is InChI=1S/C12H16BrFO/c1-3-4-7-12(2,15)10-8-9(13)5-6-11(10)14/h5-6,8,15H,3-4,7H2,1-2H3. The van der Waals surface area contributed by atoms with Crippen LogP contribution in [0, 0.1) is 5.82 Å². The molecule has 0 heterocycles. The van der Waals surface area contributed by atoms with Crippen molar-refractivity contribution in [3.63, 3.8) is 0 Å². The van der Waals surface area contributed by atoms with E-state index in [0.29, 0.717) is 12.0 Å². The summed E-state index contributed by atoms with van der Waals surface area (Å²) in [5, 5.41) is 10.2. The molecule has 84 valence electrons. The normalized spacial score (nSPS) is 15.0. The van der Waals surface area contributed by atoms with E-state index in [-0.39, 0.29) is 5.82 Å². The molecule has 0 aromatic heterocycles. The van der Waals surface area contributed by atoms with Crippen LogP contribution in [0.2, 0.25) is 0 Å². The third-order valence-electron chi connectivity index (χ3n) is 2.53. The molecule has 1 aromatic carbocycles. The second-order valence-electron chi connectivity index (χ2n) is 4.00. The Kier molecular flexibility index (Phi) is 4.29. The summed E-state index contributed by atoms with van der Waals surface area (Å²) in [7, 11) is 0. The quantitative estimate of drug-likeness (QED) is 0.881. The van der Waals surface area contributed by atoms with Gasteiger partial charge >= 0.3 is 0 Å². The summed E-state index contributed by atoms with van der Waals surface area (Å²) in [6.07, 6.45) is 2.46. The largest absolute Gasteiger partial charge is 0.385 e. The number of aliphatic hydroxyl groups is 1. The summed E-state index contributed by atoms with van der Waals surface area (Å²) >= 11 is 3.28. The zero-order valence-corrected chi connectivity index (χ0v) is 10.6. The van der Waals surface area contributed by atoms with E-state index in [1.165, 1.54) is 6.07 Å². The van der Waals surface area contributed by atoms with Crippen LogP contribution in [-0.4, -0.2) is 5.11 Å². The van der Waals surface area contributed by atoms with Gasteiger partial charge < -0.3 is 5.11 Å². The number of hydrogen-bond acceptors (Lipinski definition) is 1. The van der Waals surface area contributed by atoms with Gasteiger partial charge in [0.1, 0.15) is 5.82 Å². The van der Waals surface area contributed by atoms with Gasteiger partial charge in [-0.25, -0.2) is 4.39 Å². The monoisotopic (exact) mass is 274 g/mol. The minimum Gasteiger partial charge on any atom is -0.385 e. The van der Waals surface area contributed by atoms with Gasteiger partial charge in [0.15, 0.2) is 0 Å². The van der Waals surface area contributed by atoms with Gasteiger partial charge in [0.05, 0.1) is 5.60 Å². The Morgan fingerprint density at radius 3 is 2.73 bits per heavy atom. The maximum absolute atomic E-state index is 13.5. The molecule has 0 aliphatic heterocycles. The molecule has 0 bridgehead atoms. The molecule has 1 N–H and O–H groups in total. The highest BCUT2D eigenvalue weighted by Gasteiger charge is 2.25. The molecule has 1 rings (SSSR count). The summed E-state index contributed by atoms with van der Waals surface area (Å²) in [5.74, 6) is -0.348. The minimum absolute atomic E-state index is 0.348. The Bertz CT molecular complexity index is 336. The van der Waals surface area contributed by atoms with Crippen LogP contribution in [0.5, 0.6) is 0 Å². The lowest BCUT2D eigenvalue weighted by atomic mass is 9.90. The molecule has 0 aliphatic rings. The van der Waals surface area contributed by atoms with Gasteiger partial charge in [-0.3, -0.25) is 0 Å². The van der Waals surface area contributed by atoms with Crippen LogP contribution >= 0.6 is 15.9 Å². The number of rotatable bonds is 4. The number of benzene rings is 1. The number of unbranched alkanes of at least 4 members (excludes halogenated alkanes) is 1. The topological polar surface area (TPSA) is 20.2 Å². The van der Waals surface area contributed by atoms with E-state index in [1.54, 1.807) is 19.1 Å². The van der Waals surface area contributed by atoms with Crippen LogP contribution in [-0.2, 0) is 5.60 Å².